The van der Waals surface area contributed by atoms with Gasteiger partial charge in [-0.1, -0.05) is 12.1 Å². The van der Waals surface area contributed by atoms with Gasteiger partial charge in [-0.25, -0.2) is 4.79 Å². The second-order valence-electron chi connectivity index (χ2n) is 6.08. The Labute approximate surface area is 139 Å². The van der Waals surface area contributed by atoms with E-state index in [2.05, 4.69) is 17.1 Å². The van der Waals surface area contributed by atoms with E-state index in [0.29, 0.717) is 5.92 Å². The van der Waals surface area contributed by atoms with E-state index in [1.807, 2.05) is 43.1 Å². The van der Waals surface area contributed by atoms with Crippen LogP contribution in [0, 0.1) is 5.92 Å². The number of benzene rings is 1. The third kappa shape index (κ3) is 4.86. The van der Waals surface area contributed by atoms with Gasteiger partial charge in [0, 0.05) is 39.2 Å². The molecule has 1 N–H and O–H groups in total. The molecular weight excluding hydrogens is 290 g/mol. The summed E-state index contributed by atoms with van der Waals surface area (Å²) in [4.78, 5) is 16.6. The van der Waals surface area contributed by atoms with Crippen molar-refractivity contribution >= 4 is 17.4 Å². The molecule has 5 heteroatoms. The number of carbonyl (C=O) groups is 1. The molecule has 2 amide bonds. The number of nitrogens with zero attached hydrogens (tertiary/aromatic N) is 2. The molecule has 1 aromatic rings. The molecule has 0 unspecified atom stereocenters. The summed E-state index contributed by atoms with van der Waals surface area (Å²) in [6.45, 7) is 8.08. The molecule has 1 atom stereocenters. The number of rotatable bonds is 6. The van der Waals surface area contributed by atoms with Crippen LogP contribution in [0.4, 0.5) is 16.2 Å². The molecule has 0 radical (unpaired) electrons. The molecule has 0 spiro atoms. The largest absolute Gasteiger partial charge is 0.381 e. The van der Waals surface area contributed by atoms with E-state index < -0.39 is 0 Å². The number of amides is 2. The van der Waals surface area contributed by atoms with Crippen molar-refractivity contribution in [3.05, 3.63) is 24.3 Å². The number of carbonyl (C=O) groups excluding carboxylic acids is 1. The first-order valence-corrected chi connectivity index (χ1v) is 8.59. The van der Waals surface area contributed by atoms with E-state index in [-0.39, 0.29) is 6.03 Å². The van der Waals surface area contributed by atoms with Crippen LogP contribution in [0.2, 0.25) is 0 Å². The topological polar surface area (TPSA) is 44.8 Å². The van der Waals surface area contributed by atoms with Crippen LogP contribution in [0.25, 0.3) is 0 Å². The van der Waals surface area contributed by atoms with E-state index >= 15 is 0 Å². The third-order valence-electron chi connectivity index (χ3n) is 4.40. The van der Waals surface area contributed by atoms with Crippen LogP contribution in [0.3, 0.4) is 0 Å². The predicted octanol–water partition coefficient (Wildman–Crippen LogP) is 3.42. The highest BCUT2D eigenvalue weighted by Crippen LogP contribution is 2.25. The molecule has 1 aliphatic rings. The Balaban J connectivity index is 1.99. The minimum atomic E-state index is -0.0110. The van der Waals surface area contributed by atoms with Crippen molar-refractivity contribution in [3.63, 3.8) is 0 Å². The number of hydrogen-bond donors (Lipinski definition) is 1. The Bertz CT molecular complexity index is 507. The van der Waals surface area contributed by atoms with Gasteiger partial charge in [-0.2, -0.15) is 0 Å². The van der Waals surface area contributed by atoms with Gasteiger partial charge in [-0.15, -0.1) is 0 Å². The van der Waals surface area contributed by atoms with Gasteiger partial charge in [0.2, 0.25) is 0 Å². The molecule has 0 bridgehead atoms. The summed E-state index contributed by atoms with van der Waals surface area (Å²) in [7, 11) is 2.03. The lowest BCUT2D eigenvalue weighted by Crippen LogP contribution is -2.43. The molecule has 0 aliphatic carbocycles. The van der Waals surface area contributed by atoms with Crippen LogP contribution in [-0.2, 0) is 4.74 Å². The first-order chi connectivity index (χ1) is 11.2. The van der Waals surface area contributed by atoms with E-state index in [1.165, 1.54) is 0 Å². The standard InChI is InChI=1S/C18H29N3O2/c1-4-20(3)17-11-7-6-10-16(17)19-18(22)21-12-8-9-15(13-21)14-23-5-2/h6-7,10-11,15H,4-5,8-9,12-14H2,1-3H3,(H,19,22)/t15-/m0/s1. The van der Waals surface area contributed by atoms with Gasteiger partial charge in [0.15, 0.2) is 0 Å². The van der Waals surface area contributed by atoms with Crippen molar-refractivity contribution in [2.24, 2.45) is 5.92 Å². The Morgan fingerprint density at radius 3 is 2.91 bits per heavy atom. The normalized spacial score (nSPS) is 17.9. The highest BCUT2D eigenvalue weighted by atomic mass is 16.5. The average Bonchev–Trinajstić information content (AvgIpc) is 2.60. The number of anilines is 2. The van der Waals surface area contributed by atoms with Gasteiger partial charge in [-0.05, 0) is 38.8 Å². The summed E-state index contributed by atoms with van der Waals surface area (Å²) >= 11 is 0. The van der Waals surface area contributed by atoms with Gasteiger partial charge in [-0.3, -0.25) is 0 Å². The third-order valence-corrected chi connectivity index (χ3v) is 4.40. The number of nitrogens with one attached hydrogen (secondary N) is 1. The minimum Gasteiger partial charge on any atom is -0.381 e. The van der Waals surface area contributed by atoms with Gasteiger partial charge in [0.25, 0.3) is 0 Å². The molecule has 1 saturated heterocycles. The summed E-state index contributed by atoms with van der Waals surface area (Å²) in [6.07, 6.45) is 2.18. The quantitative estimate of drug-likeness (QED) is 0.874. The van der Waals surface area contributed by atoms with Crippen LogP contribution in [-0.4, -0.2) is 50.8 Å². The SMILES string of the molecule is CCOC[C@H]1CCCN(C(=O)Nc2ccccc2N(C)CC)C1. The summed E-state index contributed by atoms with van der Waals surface area (Å²) in [5.74, 6) is 0.447. The molecule has 128 valence electrons. The fraction of sp³-hybridized carbons (Fsp3) is 0.611. The van der Waals surface area contributed by atoms with Crippen molar-refractivity contribution in [3.8, 4) is 0 Å². The number of likely N-dealkylation sites (tertiary alicyclic amines) is 1. The average molecular weight is 319 g/mol. The highest BCUT2D eigenvalue weighted by molar-refractivity contribution is 5.93. The second-order valence-corrected chi connectivity index (χ2v) is 6.08. The lowest BCUT2D eigenvalue weighted by Gasteiger charge is -2.33. The molecule has 0 saturated carbocycles. The fourth-order valence-corrected chi connectivity index (χ4v) is 2.95. The highest BCUT2D eigenvalue weighted by Gasteiger charge is 2.24. The second kappa shape index (κ2) is 8.77. The van der Waals surface area contributed by atoms with Crippen LogP contribution >= 0.6 is 0 Å². The van der Waals surface area contributed by atoms with Crippen LogP contribution in [0.1, 0.15) is 26.7 Å². The summed E-state index contributed by atoms with van der Waals surface area (Å²) in [5, 5.41) is 3.08. The molecule has 1 fully saturated rings. The molecule has 0 aromatic heterocycles. The van der Waals surface area contributed by atoms with Gasteiger partial charge < -0.3 is 19.9 Å². The van der Waals surface area contributed by atoms with Crippen molar-refractivity contribution in [1.29, 1.82) is 0 Å². The zero-order valence-corrected chi connectivity index (χ0v) is 14.5. The number of urea groups is 1. The molecular formula is C18H29N3O2. The Hall–Kier alpha value is -1.75. The maximum atomic E-state index is 12.6. The van der Waals surface area contributed by atoms with Crippen LogP contribution in [0.5, 0.6) is 0 Å². The maximum Gasteiger partial charge on any atom is 0.321 e. The van der Waals surface area contributed by atoms with E-state index in [4.69, 9.17) is 4.74 Å². The lowest BCUT2D eigenvalue weighted by molar-refractivity contribution is 0.0777. The number of para-hydroxylation sites is 2. The molecule has 1 heterocycles. The summed E-state index contributed by atoms with van der Waals surface area (Å²) in [5.41, 5.74) is 1.92. The molecule has 5 nitrogen and oxygen atoms in total. The Morgan fingerprint density at radius 1 is 1.39 bits per heavy atom. The van der Waals surface area contributed by atoms with Gasteiger partial charge in [0.05, 0.1) is 18.0 Å². The van der Waals surface area contributed by atoms with Crippen molar-refractivity contribution in [1.82, 2.24) is 4.90 Å². The molecule has 2 rings (SSSR count). The first-order valence-electron chi connectivity index (χ1n) is 8.59. The molecule has 1 aliphatic heterocycles. The maximum absolute atomic E-state index is 12.6. The predicted molar refractivity (Wildman–Crippen MR) is 95.2 cm³/mol. The monoisotopic (exact) mass is 319 g/mol. The van der Waals surface area contributed by atoms with E-state index in [9.17, 15) is 4.79 Å². The van der Waals surface area contributed by atoms with Gasteiger partial charge in [0.1, 0.15) is 0 Å². The Kier molecular flexibility index (Phi) is 6.71. The zero-order chi connectivity index (χ0) is 16.7. The minimum absolute atomic E-state index is 0.0110. The number of ether oxygens (including phenoxy) is 1. The summed E-state index contributed by atoms with van der Waals surface area (Å²) in [6, 6.07) is 7.93. The van der Waals surface area contributed by atoms with E-state index in [0.717, 1.165) is 57.1 Å². The van der Waals surface area contributed by atoms with Crippen LogP contribution in [0.15, 0.2) is 24.3 Å². The number of hydrogen-bond acceptors (Lipinski definition) is 3. The zero-order valence-electron chi connectivity index (χ0n) is 14.5. The summed E-state index contributed by atoms with van der Waals surface area (Å²) < 4.78 is 5.52. The van der Waals surface area contributed by atoms with E-state index in [1.54, 1.807) is 0 Å². The van der Waals surface area contributed by atoms with Crippen molar-refractivity contribution in [2.75, 3.05) is 50.1 Å². The molecule has 23 heavy (non-hydrogen) atoms. The molecule has 1 aromatic carbocycles. The van der Waals surface area contributed by atoms with Gasteiger partial charge >= 0.3 is 6.03 Å². The first kappa shape index (κ1) is 17.6. The number of piperidine rings is 1. The van der Waals surface area contributed by atoms with Crippen LogP contribution < -0.4 is 10.2 Å². The lowest BCUT2D eigenvalue weighted by atomic mass is 9.99. The Morgan fingerprint density at radius 2 is 2.17 bits per heavy atom. The van der Waals surface area contributed by atoms with Crippen molar-refractivity contribution in [2.45, 2.75) is 26.7 Å². The van der Waals surface area contributed by atoms with Crippen molar-refractivity contribution < 1.29 is 9.53 Å². The smallest absolute Gasteiger partial charge is 0.321 e. The fourth-order valence-electron chi connectivity index (χ4n) is 2.95.